The van der Waals surface area contributed by atoms with Gasteiger partial charge >= 0.3 is 40.0 Å². The standard InChI is InChI=1S/C27H46O.C2H4O.Na.H2O4S.H/c1-18(2)7-6-8-19(3)23-11-12-24-22-10-9-20-17-21(28)13-15-26(20,4)25(22)14-16-27(23,24)5;1-2-3;;1-5(2,3)4;/h9,18-19,21-25,28H,6-8,10-17H2,1-5H3;2H,1H3;;(H2,1,2,3,4);/t19-,21+,22+,23-,24+,25+,26+,27-;;;;/m1..../s1. The van der Waals surface area contributed by atoms with Gasteiger partial charge < -0.3 is 9.90 Å². The fourth-order valence-electron chi connectivity index (χ4n) is 8.67. The number of hydrogen-bond donors (Lipinski definition) is 3. The molecule has 8 atom stereocenters. The van der Waals surface area contributed by atoms with Gasteiger partial charge in [-0.1, -0.05) is 65.5 Å². The van der Waals surface area contributed by atoms with Crippen LogP contribution in [0, 0.1) is 46.3 Å². The Morgan fingerprint density at radius 1 is 1.03 bits per heavy atom. The molecule has 4 aliphatic rings. The maximum atomic E-state index is 10.2. The molecule has 0 heterocycles. The Balaban J connectivity index is 0.000000671. The van der Waals surface area contributed by atoms with Gasteiger partial charge in [0.05, 0.1) is 6.10 Å². The van der Waals surface area contributed by atoms with Gasteiger partial charge in [-0.3, -0.25) is 9.11 Å². The van der Waals surface area contributed by atoms with Crippen molar-refractivity contribution >= 4 is 46.2 Å². The van der Waals surface area contributed by atoms with E-state index < -0.39 is 10.4 Å². The van der Waals surface area contributed by atoms with Gasteiger partial charge in [0, 0.05) is 0 Å². The minimum atomic E-state index is -4.67. The van der Waals surface area contributed by atoms with E-state index in [2.05, 4.69) is 40.7 Å². The summed E-state index contributed by atoms with van der Waals surface area (Å²) >= 11 is 0. The molecule has 3 saturated carbocycles. The predicted molar refractivity (Wildman–Crippen MR) is 152 cm³/mol. The van der Waals surface area contributed by atoms with E-state index in [-0.39, 0.29) is 35.7 Å². The molecule has 6 nitrogen and oxygen atoms in total. The molecular formula is C29H53NaO6S. The van der Waals surface area contributed by atoms with Gasteiger partial charge in [0.2, 0.25) is 0 Å². The van der Waals surface area contributed by atoms with E-state index in [0.717, 1.165) is 54.6 Å². The van der Waals surface area contributed by atoms with Gasteiger partial charge in [-0.15, -0.1) is 0 Å². The first-order valence-corrected chi connectivity index (χ1v) is 15.5. The second-order valence-electron chi connectivity index (χ2n) is 12.9. The molecule has 0 aliphatic heterocycles. The summed E-state index contributed by atoms with van der Waals surface area (Å²) in [4.78, 5) is 8.81. The van der Waals surface area contributed by atoms with Crippen molar-refractivity contribution in [1.29, 1.82) is 0 Å². The third-order valence-electron chi connectivity index (χ3n) is 10.3. The molecule has 8 heteroatoms. The summed E-state index contributed by atoms with van der Waals surface area (Å²) in [6.07, 6.45) is 17.9. The van der Waals surface area contributed by atoms with E-state index in [1.807, 2.05) is 0 Å². The second kappa shape index (κ2) is 14.7. The van der Waals surface area contributed by atoms with Gasteiger partial charge in [-0.2, -0.15) is 8.42 Å². The molecule has 3 N–H and O–H groups in total. The minimum absolute atomic E-state index is 0. The van der Waals surface area contributed by atoms with Crippen LogP contribution in [0.5, 0.6) is 0 Å². The van der Waals surface area contributed by atoms with E-state index in [4.69, 9.17) is 22.3 Å². The third kappa shape index (κ3) is 9.12. The number of fused-ring (bicyclic) bond motifs is 5. The van der Waals surface area contributed by atoms with Crippen LogP contribution in [0.4, 0.5) is 0 Å². The van der Waals surface area contributed by atoms with Crippen LogP contribution in [0.1, 0.15) is 112 Å². The molecule has 0 unspecified atom stereocenters. The molecule has 0 aromatic heterocycles. The summed E-state index contributed by atoms with van der Waals surface area (Å²) in [5, 5.41) is 10.2. The number of aliphatic hydroxyl groups is 1. The number of aldehydes is 1. The van der Waals surface area contributed by atoms with Gasteiger partial charge in [0.15, 0.2) is 0 Å². The molecule has 0 aromatic rings. The van der Waals surface area contributed by atoms with Crippen molar-refractivity contribution in [1.82, 2.24) is 0 Å². The van der Waals surface area contributed by atoms with E-state index in [9.17, 15) is 5.11 Å². The second-order valence-corrected chi connectivity index (χ2v) is 13.8. The quantitative estimate of drug-likeness (QED) is 0.160. The number of carbonyl (C=O) groups is 1. The molecule has 0 spiro atoms. The van der Waals surface area contributed by atoms with E-state index in [1.54, 1.807) is 5.57 Å². The molecule has 0 saturated heterocycles. The Morgan fingerprint density at radius 3 is 2.19 bits per heavy atom. The van der Waals surface area contributed by atoms with E-state index in [0.29, 0.717) is 10.8 Å². The topological polar surface area (TPSA) is 112 Å². The van der Waals surface area contributed by atoms with Gasteiger partial charge in [-0.25, -0.2) is 0 Å². The number of allylic oxidation sites excluding steroid dienone is 1. The van der Waals surface area contributed by atoms with Crippen LogP contribution < -0.4 is 0 Å². The molecule has 4 aliphatic carbocycles. The van der Waals surface area contributed by atoms with Gasteiger partial charge in [-0.05, 0) is 105 Å². The van der Waals surface area contributed by atoms with E-state index >= 15 is 0 Å². The van der Waals surface area contributed by atoms with Crippen LogP contribution in [0.15, 0.2) is 11.6 Å². The Labute approximate surface area is 248 Å². The summed E-state index contributed by atoms with van der Waals surface area (Å²) in [7, 11) is -4.67. The Morgan fingerprint density at radius 2 is 1.62 bits per heavy atom. The Bertz CT molecular complexity index is 850. The molecule has 0 aromatic carbocycles. The van der Waals surface area contributed by atoms with Crippen LogP contribution >= 0.6 is 0 Å². The van der Waals surface area contributed by atoms with Crippen molar-refractivity contribution in [2.75, 3.05) is 0 Å². The summed E-state index contributed by atoms with van der Waals surface area (Å²) in [5.41, 5.74) is 2.60. The average molecular weight is 553 g/mol. The van der Waals surface area contributed by atoms with Crippen molar-refractivity contribution in [3.63, 3.8) is 0 Å². The summed E-state index contributed by atoms with van der Waals surface area (Å²) in [5.74, 6) is 5.46. The van der Waals surface area contributed by atoms with Crippen molar-refractivity contribution in [3.8, 4) is 0 Å². The number of aliphatic hydroxyl groups excluding tert-OH is 1. The van der Waals surface area contributed by atoms with Gasteiger partial charge in [0.25, 0.3) is 0 Å². The first kappa shape index (κ1) is 35.3. The van der Waals surface area contributed by atoms with Crippen LogP contribution in [-0.2, 0) is 15.2 Å². The van der Waals surface area contributed by atoms with E-state index in [1.165, 1.54) is 64.7 Å². The summed E-state index contributed by atoms with van der Waals surface area (Å²) in [6, 6.07) is 0. The molecule has 0 radical (unpaired) electrons. The number of rotatable bonds is 5. The molecular weight excluding hydrogens is 499 g/mol. The third-order valence-corrected chi connectivity index (χ3v) is 10.3. The molecule has 4 rings (SSSR count). The van der Waals surface area contributed by atoms with Crippen LogP contribution in [0.3, 0.4) is 0 Å². The Hall–Kier alpha value is 0.240. The van der Waals surface area contributed by atoms with Crippen molar-refractivity contribution < 1.29 is 27.4 Å². The van der Waals surface area contributed by atoms with Crippen molar-refractivity contribution in [2.24, 2.45) is 46.3 Å². The average Bonchev–Trinajstić information content (AvgIpc) is 3.10. The molecule has 212 valence electrons. The fraction of sp³-hybridized carbons (Fsp3) is 0.897. The first-order chi connectivity index (χ1) is 16.7. The zero-order chi connectivity index (χ0) is 27.3. The molecule has 37 heavy (non-hydrogen) atoms. The molecule has 0 amide bonds. The monoisotopic (exact) mass is 552 g/mol. The normalized spacial score (nSPS) is 37.1. The predicted octanol–water partition coefficient (Wildman–Crippen LogP) is 6.29. The van der Waals surface area contributed by atoms with Gasteiger partial charge in [0.1, 0.15) is 6.29 Å². The van der Waals surface area contributed by atoms with Crippen LogP contribution in [0.25, 0.3) is 0 Å². The number of carbonyl (C=O) groups excluding carboxylic acids is 1. The van der Waals surface area contributed by atoms with Crippen molar-refractivity contribution in [2.45, 2.75) is 118 Å². The van der Waals surface area contributed by atoms with Crippen LogP contribution in [-0.4, -0.2) is 64.6 Å². The maximum absolute atomic E-state index is 10.2. The summed E-state index contributed by atoms with van der Waals surface area (Å²) < 4.78 is 31.6. The molecule has 3 fully saturated rings. The Kier molecular flexibility index (Phi) is 14.1. The zero-order valence-electron chi connectivity index (χ0n) is 23.4. The van der Waals surface area contributed by atoms with Crippen LogP contribution in [0.2, 0.25) is 0 Å². The zero-order valence-corrected chi connectivity index (χ0v) is 24.3. The molecule has 0 bridgehead atoms. The van der Waals surface area contributed by atoms with Crippen molar-refractivity contribution in [3.05, 3.63) is 11.6 Å². The number of hydrogen-bond acceptors (Lipinski definition) is 4. The fourth-order valence-corrected chi connectivity index (χ4v) is 8.67. The summed E-state index contributed by atoms with van der Waals surface area (Å²) in [6.45, 7) is 14.0. The SMILES string of the molecule is CC(C)CCC[C@@H](C)[C@H]1CC[C@H]2[C@@H]3CC=C4C[C@@H](O)CC[C@]4(C)[C@H]3CC[C@]12C.CC=O.O=S(=O)(O)O.[NaH]. The first-order valence-electron chi connectivity index (χ1n) is 14.1.